The fourth-order valence-corrected chi connectivity index (χ4v) is 1.76. The van der Waals surface area contributed by atoms with E-state index < -0.39 is 0 Å². The van der Waals surface area contributed by atoms with Gasteiger partial charge >= 0.3 is 0 Å². The molecule has 0 saturated carbocycles. The molecule has 0 aromatic heterocycles. The standard InChI is InChI=1S/C11H12N2O2/c1-12-9-4-2-3-5-10(9)13(6-7-14)8-11(12)15/h2-5,7H,6,8H2,1H3. The van der Waals surface area contributed by atoms with E-state index in [1.54, 1.807) is 16.8 Å². The summed E-state index contributed by atoms with van der Waals surface area (Å²) in [4.78, 5) is 25.5. The van der Waals surface area contributed by atoms with Crippen LogP contribution in [0.3, 0.4) is 0 Å². The minimum Gasteiger partial charge on any atom is -0.353 e. The van der Waals surface area contributed by atoms with Gasteiger partial charge in [-0.3, -0.25) is 4.79 Å². The number of hydrogen-bond donors (Lipinski definition) is 0. The molecule has 15 heavy (non-hydrogen) atoms. The van der Waals surface area contributed by atoms with Gasteiger partial charge in [-0.2, -0.15) is 0 Å². The van der Waals surface area contributed by atoms with E-state index >= 15 is 0 Å². The molecule has 2 rings (SSSR count). The third-order valence-electron chi connectivity index (χ3n) is 2.58. The molecule has 0 N–H and O–H groups in total. The zero-order valence-electron chi connectivity index (χ0n) is 8.51. The Labute approximate surface area is 88.1 Å². The van der Waals surface area contributed by atoms with Crippen LogP contribution >= 0.6 is 0 Å². The van der Waals surface area contributed by atoms with Crippen LogP contribution in [0.15, 0.2) is 24.3 Å². The molecule has 0 radical (unpaired) electrons. The quantitative estimate of drug-likeness (QED) is 0.665. The van der Waals surface area contributed by atoms with E-state index in [9.17, 15) is 9.59 Å². The summed E-state index contributed by atoms with van der Waals surface area (Å²) in [6.45, 7) is 0.531. The minimum absolute atomic E-state index is 0.00977. The van der Waals surface area contributed by atoms with Crippen LogP contribution in [-0.2, 0) is 9.59 Å². The lowest BCUT2D eigenvalue weighted by atomic mass is 10.1. The molecule has 0 fully saturated rings. The molecule has 1 aliphatic rings. The van der Waals surface area contributed by atoms with E-state index in [0.29, 0.717) is 0 Å². The van der Waals surface area contributed by atoms with Crippen molar-refractivity contribution in [1.82, 2.24) is 0 Å². The van der Waals surface area contributed by atoms with Gasteiger partial charge in [0.1, 0.15) is 6.29 Å². The van der Waals surface area contributed by atoms with Crippen molar-refractivity contribution in [3.8, 4) is 0 Å². The van der Waals surface area contributed by atoms with Gasteiger partial charge in [0.05, 0.1) is 24.5 Å². The van der Waals surface area contributed by atoms with E-state index in [1.807, 2.05) is 24.3 Å². The number of carbonyl (C=O) groups excluding carboxylic acids is 2. The minimum atomic E-state index is 0.00977. The lowest BCUT2D eigenvalue weighted by molar-refractivity contribution is -0.117. The number of nitrogens with zero attached hydrogens (tertiary/aromatic N) is 2. The number of carbonyl (C=O) groups is 2. The Kier molecular flexibility index (Phi) is 2.41. The van der Waals surface area contributed by atoms with Gasteiger partial charge in [-0.05, 0) is 12.1 Å². The van der Waals surface area contributed by atoms with E-state index in [-0.39, 0.29) is 19.0 Å². The van der Waals surface area contributed by atoms with E-state index in [4.69, 9.17) is 0 Å². The monoisotopic (exact) mass is 204 g/mol. The first kappa shape index (κ1) is 9.71. The zero-order valence-corrected chi connectivity index (χ0v) is 8.51. The number of likely N-dealkylation sites (N-methyl/N-ethyl adjacent to an activating group) is 1. The Hall–Kier alpha value is -1.84. The predicted octanol–water partition coefficient (Wildman–Crippen LogP) is 0.668. The van der Waals surface area contributed by atoms with Gasteiger partial charge in [-0.1, -0.05) is 12.1 Å². The summed E-state index contributed by atoms with van der Waals surface area (Å²) < 4.78 is 0. The second kappa shape index (κ2) is 3.73. The van der Waals surface area contributed by atoms with Crippen LogP contribution in [0, 0.1) is 0 Å². The molecule has 1 aliphatic heterocycles. The van der Waals surface area contributed by atoms with Gasteiger partial charge < -0.3 is 14.6 Å². The summed E-state index contributed by atoms with van der Waals surface area (Å²) in [5.41, 5.74) is 1.79. The van der Waals surface area contributed by atoms with Gasteiger partial charge in [0.2, 0.25) is 5.91 Å². The molecular weight excluding hydrogens is 192 g/mol. The molecule has 1 heterocycles. The summed E-state index contributed by atoms with van der Waals surface area (Å²) in [5.74, 6) is 0.00977. The van der Waals surface area contributed by atoms with Crippen molar-refractivity contribution in [1.29, 1.82) is 0 Å². The molecule has 1 amide bonds. The number of amides is 1. The van der Waals surface area contributed by atoms with Crippen LogP contribution in [0.1, 0.15) is 0 Å². The topological polar surface area (TPSA) is 40.6 Å². The highest BCUT2D eigenvalue weighted by atomic mass is 16.2. The van der Waals surface area contributed by atoms with Gasteiger partial charge in [0.15, 0.2) is 0 Å². The fraction of sp³-hybridized carbons (Fsp3) is 0.273. The highest BCUT2D eigenvalue weighted by molar-refractivity contribution is 6.03. The van der Waals surface area contributed by atoms with Crippen molar-refractivity contribution in [3.05, 3.63) is 24.3 Å². The molecule has 0 saturated heterocycles. The first-order valence-corrected chi connectivity index (χ1v) is 4.78. The Morgan fingerprint density at radius 3 is 2.67 bits per heavy atom. The van der Waals surface area contributed by atoms with E-state index in [2.05, 4.69) is 0 Å². The Morgan fingerprint density at radius 2 is 2.00 bits per heavy atom. The highest BCUT2D eigenvalue weighted by Crippen LogP contribution is 2.31. The Bertz CT molecular complexity index is 403. The number of para-hydroxylation sites is 2. The van der Waals surface area contributed by atoms with Crippen molar-refractivity contribution in [2.45, 2.75) is 0 Å². The first-order valence-electron chi connectivity index (χ1n) is 4.78. The summed E-state index contributed by atoms with van der Waals surface area (Å²) in [6.07, 6.45) is 0.815. The average molecular weight is 204 g/mol. The molecule has 0 unspecified atom stereocenters. The number of benzene rings is 1. The Morgan fingerprint density at radius 1 is 1.33 bits per heavy atom. The molecule has 1 aromatic carbocycles. The van der Waals surface area contributed by atoms with Crippen LogP contribution in [0.5, 0.6) is 0 Å². The van der Waals surface area contributed by atoms with Crippen molar-refractivity contribution in [3.63, 3.8) is 0 Å². The molecule has 0 bridgehead atoms. The summed E-state index contributed by atoms with van der Waals surface area (Å²) in [7, 11) is 1.75. The smallest absolute Gasteiger partial charge is 0.246 e. The van der Waals surface area contributed by atoms with Crippen LogP contribution in [0.4, 0.5) is 11.4 Å². The summed E-state index contributed by atoms with van der Waals surface area (Å²) in [6, 6.07) is 7.58. The molecule has 78 valence electrons. The number of hydrogen-bond acceptors (Lipinski definition) is 3. The van der Waals surface area contributed by atoms with Crippen LogP contribution in [0.25, 0.3) is 0 Å². The summed E-state index contributed by atoms with van der Waals surface area (Å²) in [5, 5.41) is 0. The number of fused-ring (bicyclic) bond motifs is 1. The largest absolute Gasteiger partial charge is 0.353 e. The third-order valence-corrected chi connectivity index (χ3v) is 2.58. The number of anilines is 2. The third kappa shape index (κ3) is 1.58. The lowest BCUT2D eigenvalue weighted by Gasteiger charge is -2.34. The SMILES string of the molecule is CN1C(=O)CN(CC=O)c2ccccc21. The Balaban J connectivity index is 2.44. The molecule has 0 atom stereocenters. The van der Waals surface area contributed by atoms with E-state index in [0.717, 1.165) is 17.7 Å². The van der Waals surface area contributed by atoms with E-state index in [1.165, 1.54) is 0 Å². The van der Waals surface area contributed by atoms with Crippen LogP contribution < -0.4 is 9.80 Å². The van der Waals surface area contributed by atoms with Crippen molar-refractivity contribution in [2.75, 3.05) is 29.9 Å². The molecule has 0 aliphatic carbocycles. The maximum atomic E-state index is 11.6. The lowest BCUT2D eigenvalue weighted by Crippen LogP contribution is -2.44. The van der Waals surface area contributed by atoms with Crippen molar-refractivity contribution < 1.29 is 9.59 Å². The average Bonchev–Trinajstić information content (AvgIpc) is 2.26. The highest BCUT2D eigenvalue weighted by Gasteiger charge is 2.25. The van der Waals surface area contributed by atoms with Gasteiger partial charge in [-0.15, -0.1) is 0 Å². The van der Waals surface area contributed by atoms with Gasteiger partial charge in [-0.25, -0.2) is 0 Å². The molecule has 4 heteroatoms. The van der Waals surface area contributed by atoms with Crippen molar-refractivity contribution in [2.24, 2.45) is 0 Å². The fourth-order valence-electron chi connectivity index (χ4n) is 1.76. The predicted molar refractivity (Wildman–Crippen MR) is 58.1 cm³/mol. The number of aldehydes is 1. The second-order valence-electron chi connectivity index (χ2n) is 3.49. The molecule has 1 aromatic rings. The zero-order chi connectivity index (χ0) is 10.8. The second-order valence-corrected chi connectivity index (χ2v) is 3.49. The van der Waals surface area contributed by atoms with Crippen molar-refractivity contribution >= 4 is 23.6 Å². The molecular formula is C11H12N2O2. The summed E-state index contributed by atoms with van der Waals surface area (Å²) >= 11 is 0. The van der Waals surface area contributed by atoms with Crippen LogP contribution in [-0.4, -0.2) is 32.3 Å². The normalized spacial score (nSPS) is 15.1. The first-order chi connectivity index (χ1) is 7.24. The molecule has 0 spiro atoms. The number of rotatable bonds is 2. The van der Waals surface area contributed by atoms with Gasteiger partial charge in [0, 0.05) is 7.05 Å². The maximum Gasteiger partial charge on any atom is 0.246 e. The van der Waals surface area contributed by atoms with Gasteiger partial charge in [0.25, 0.3) is 0 Å². The molecule has 4 nitrogen and oxygen atoms in total. The van der Waals surface area contributed by atoms with Crippen LogP contribution in [0.2, 0.25) is 0 Å². The maximum absolute atomic E-state index is 11.6.